The lowest BCUT2D eigenvalue weighted by molar-refractivity contribution is -0.137. The maximum atomic E-state index is 11.7. The highest BCUT2D eigenvalue weighted by Crippen LogP contribution is 2.19. The third-order valence-corrected chi connectivity index (χ3v) is 3.00. The second kappa shape index (κ2) is 9.67. The van der Waals surface area contributed by atoms with Gasteiger partial charge in [0.25, 0.3) is 0 Å². The number of rotatable bonds is 8. The van der Waals surface area contributed by atoms with E-state index in [0.717, 1.165) is 11.3 Å². The van der Waals surface area contributed by atoms with Crippen LogP contribution >= 0.6 is 23.2 Å². The van der Waals surface area contributed by atoms with Gasteiger partial charge >= 0.3 is 5.97 Å². The molecule has 5 heteroatoms. The number of carbonyl (C=O) groups is 1. The number of hydrogen-bond donors (Lipinski definition) is 0. The predicted octanol–water partition coefficient (Wildman–Crippen LogP) is 3.37. The van der Waals surface area contributed by atoms with Crippen molar-refractivity contribution in [3.05, 3.63) is 42.0 Å². The van der Waals surface area contributed by atoms with Gasteiger partial charge in [0.05, 0.1) is 12.3 Å². The highest BCUT2D eigenvalue weighted by atomic mass is 35.5. The molecule has 1 rings (SSSR count). The maximum Gasteiger partial charge on any atom is 0.332 e. The SMILES string of the molecule is CCOC(=O)C=C(c1ccccc1)N(CCCl)CCCl. The molecule has 20 heavy (non-hydrogen) atoms. The van der Waals surface area contributed by atoms with Gasteiger partial charge in [0.2, 0.25) is 0 Å². The summed E-state index contributed by atoms with van der Waals surface area (Å²) in [4.78, 5) is 13.7. The van der Waals surface area contributed by atoms with Crippen molar-refractivity contribution in [1.29, 1.82) is 0 Å². The third kappa shape index (κ3) is 5.43. The Morgan fingerprint density at radius 1 is 1.20 bits per heavy atom. The van der Waals surface area contributed by atoms with Crippen molar-refractivity contribution >= 4 is 34.9 Å². The van der Waals surface area contributed by atoms with Gasteiger partial charge < -0.3 is 9.64 Å². The lowest BCUT2D eigenvalue weighted by Crippen LogP contribution is -2.27. The minimum Gasteiger partial charge on any atom is -0.463 e. The maximum absolute atomic E-state index is 11.7. The molecule has 0 unspecified atom stereocenters. The Labute approximate surface area is 130 Å². The molecule has 3 nitrogen and oxygen atoms in total. The minimum absolute atomic E-state index is 0.350. The number of halogens is 2. The lowest BCUT2D eigenvalue weighted by Gasteiger charge is -2.26. The second-order valence-corrected chi connectivity index (χ2v) is 4.77. The Bertz CT molecular complexity index is 429. The van der Waals surface area contributed by atoms with E-state index in [-0.39, 0.29) is 5.97 Å². The first kappa shape index (κ1) is 16.9. The molecule has 1 aromatic rings. The molecule has 0 aromatic heterocycles. The molecule has 0 saturated carbocycles. The fraction of sp³-hybridized carbons (Fsp3) is 0.400. The van der Waals surface area contributed by atoms with Gasteiger partial charge in [-0.1, -0.05) is 30.3 Å². The van der Waals surface area contributed by atoms with Crippen LogP contribution in [0.2, 0.25) is 0 Å². The topological polar surface area (TPSA) is 29.5 Å². The van der Waals surface area contributed by atoms with Crippen LogP contribution in [0.15, 0.2) is 36.4 Å². The van der Waals surface area contributed by atoms with Gasteiger partial charge in [-0.2, -0.15) is 0 Å². The van der Waals surface area contributed by atoms with Crippen LogP contribution < -0.4 is 0 Å². The molecule has 0 N–H and O–H groups in total. The van der Waals surface area contributed by atoms with Crippen molar-refractivity contribution in [2.75, 3.05) is 31.5 Å². The van der Waals surface area contributed by atoms with Gasteiger partial charge in [-0.25, -0.2) is 4.79 Å². The van der Waals surface area contributed by atoms with Crippen LogP contribution in [0.5, 0.6) is 0 Å². The summed E-state index contributed by atoms with van der Waals surface area (Å²) in [6, 6.07) is 9.67. The molecule has 0 heterocycles. The van der Waals surface area contributed by atoms with Crippen LogP contribution in [0.25, 0.3) is 5.70 Å². The van der Waals surface area contributed by atoms with E-state index in [2.05, 4.69) is 0 Å². The van der Waals surface area contributed by atoms with Gasteiger partial charge in [0, 0.05) is 30.9 Å². The standard InChI is InChI=1S/C15H19Cl2NO2/c1-2-20-15(19)12-14(13-6-4-3-5-7-13)18(10-8-16)11-9-17/h3-7,12H,2,8-11H2,1H3. The first-order chi connectivity index (χ1) is 9.72. The van der Waals surface area contributed by atoms with E-state index in [4.69, 9.17) is 27.9 Å². The molecule has 0 spiro atoms. The Balaban J connectivity index is 3.08. The molecule has 0 saturated heterocycles. The smallest absolute Gasteiger partial charge is 0.332 e. The monoisotopic (exact) mass is 315 g/mol. The Morgan fingerprint density at radius 3 is 2.30 bits per heavy atom. The fourth-order valence-electron chi connectivity index (χ4n) is 1.82. The molecule has 0 aliphatic carbocycles. The number of carbonyl (C=O) groups excluding carboxylic acids is 1. The fourth-order valence-corrected chi connectivity index (χ4v) is 2.23. The summed E-state index contributed by atoms with van der Waals surface area (Å²) < 4.78 is 4.99. The first-order valence-electron chi connectivity index (χ1n) is 6.53. The lowest BCUT2D eigenvalue weighted by atomic mass is 10.1. The van der Waals surface area contributed by atoms with Crippen LogP contribution in [0.1, 0.15) is 12.5 Å². The average molecular weight is 316 g/mol. The second-order valence-electron chi connectivity index (χ2n) is 4.01. The normalized spacial score (nSPS) is 11.2. The van der Waals surface area contributed by atoms with Crippen molar-refractivity contribution in [2.45, 2.75) is 6.92 Å². The minimum atomic E-state index is -0.361. The summed E-state index contributed by atoms with van der Waals surface area (Å²) in [5.41, 5.74) is 1.72. The predicted molar refractivity (Wildman–Crippen MR) is 84.1 cm³/mol. The van der Waals surface area contributed by atoms with Gasteiger partial charge in [0.15, 0.2) is 0 Å². The third-order valence-electron chi connectivity index (χ3n) is 2.66. The number of nitrogens with zero attached hydrogens (tertiary/aromatic N) is 1. The average Bonchev–Trinajstić information content (AvgIpc) is 2.46. The van der Waals surface area contributed by atoms with Crippen molar-refractivity contribution in [3.63, 3.8) is 0 Å². The molecule has 0 amide bonds. The van der Waals surface area contributed by atoms with E-state index < -0.39 is 0 Å². The van der Waals surface area contributed by atoms with Crippen LogP contribution in [-0.2, 0) is 9.53 Å². The summed E-state index contributed by atoms with van der Waals surface area (Å²) in [5.74, 6) is 0.564. The van der Waals surface area contributed by atoms with E-state index in [1.54, 1.807) is 6.92 Å². The quantitative estimate of drug-likeness (QED) is 0.418. The van der Waals surface area contributed by atoms with Gasteiger partial charge in [0.1, 0.15) is 0 Å². The summed E-state index contributed by atoms with van der Waals surface area (Å²) >= 11 is 11.7. The molecule has 0 atom stereocenters. The highest BCUT2D eigenvalue weighted by Gasteiger charge is 2.13. The zero-order chi connectivity index (χ0) is 14.8. The molecule has 0 radical (unpaired) electrons. The van der Waals surface area contributed by atoms with Crippen LogP contribution in [0.3, 0.4) is 0 Å². The molecule has 110 valence electrons. The molecule has 0 fully saturated rings. The largest absolute Gasteiger partial charge is 0.463 e. The van der Waals surface area contributed by atoms with E-state index in [9.17, 15) is 4.79 Å². The van der Waals surface area contributed by atoms with E-state index in [0.29, 0.717) is 31.5 Å². The summed E-state index contributed by atoms with van der Waals surface area (Å²) in [6.07, 6.45) is 1.50. The molecule has 0 aliphatic heterocycles. The summed E-state index contributed by atoms with van der Waals surface area (Å²) in [5, 5.41) is 0. The molecule has 0 bridgehead atoms. The Morgan fingerprint density at radius 2 is 1.80 bits per heavy atom. The molecular weight excluding hydrogens is 297 g/mol. The van der Waals surface area contributed by atoms with Gasteiger partial charge in [-0.05, 0) is 12.5 Å². The highest BCUT2D eigenvalue weighted by molar-refractivity contribution is 6.18. The Kier molecular flexibility index (Phi) is 8.16. The van der Waals surface area contributed by atoms with Crippen molar-refractivity contribution in [1.82, 2.24) is 4.90 Å². The molecular formula is C15H19Cl2NO2. The van der Waals surface area contributed by atoms with Gasteiger partial charge in [-0.15, -0.1) is 23.2 Å². The van der Waals surface area contributed by atoms with Gasteiger partial charge in [-0.3, -0.25) is 0 Å². The molecule has 0 aliphatic rings. The van der Waals surface area contributed by atoms with E-state index in [1.165, 1.54) is 6.08 Å². The van der Waals surface area contributed by atoms with Crippen LogP contribution in [0, 0.1) is 0 Å². The summed E-state index contributed by atoms with van der Waals surface area (Å²) in [7, 11) is 0. The number of esters is 1. The molecule has 1 aromatic carbocycles. The number of hydrogen-bond acceptors (Lipinski definition) is 3. The summed E-state index contributed by atoms with van der Waals surface area (Å²) in [6.45, 7) is 3.37. The zero-order valence-corrected chi connectivity index (χ0v) is 13.0. The van der Waals surface area contributed by atoms with E-state index in [1.807, 2.05) is 35.2 Å². The van der Waals surface area contributed by atoms with Crippen molar-refractivity contribution < 1.29 is 9.53 Å². The number of alkyl halides is 2. The van der Waals surface area contributed by atoms with Crippen LogP contribution in [0.4, 0.5) is 0 Å². The van der Waals surface area contributed by atoms with E-state index >= 15 is 0 Å². The number of ether oxygens (including phenoxy) is 1. The number of benzene rings is 1. The Hall–Kier alpha value is -1.19. The zero-order valence-electron chi connectivity index (χ0n) is 11.5. The van der Waals surface area contributed by atoms with Crippen LogP contribution in [-0.4, -0.2) is 42.3 Å². The van der Waals surface area contributed by atoms with Crippen molar-refractivity contribution in [3.8, 4) is 0 Å². The first-order valence-corrected chi connectivity index (χ1v) is 7.60. The van der Waals surface area contributed by atoms with Crippen molar-refractivity contribution in [2.24, 2.45) is 0 Å².